The van der Waals surface area contributed by atoms with Crippen LogP contribution in [0.1, 0.15) is 26.6 Å². The van der Waals surface area contributed by atoms with E-state index in [1.165, 1.54) is 0 Å². The highest BCUT2D eigenvalue weighted by Crippen LogP contribution is 2.09. The molecule has 21 heavy (non-hydrogen) atoms. The van der Waals surface area contributed by atoms with Crippen molar-refractivity contribution in [1.82, 2.24) is 10.3 Å². The molecule has 2 N–H and O–H groups in total. The summed E-state index contributed by atoms with van der Waals surface area (Å²) in [5.41, 5.74) is 2.29. The second-order valence-electron chi connectivity index (χ2n) is 4.43. The number of hydrogen-bond acceptors (Lipinski definition) is 4. The Morgan fingerprint density at radius 2 is 2.33 bits per heavy atom. The first-order chi connectivity index (χ1) is 10.2. The standard InChI is InChI=1S/C16H16N2O2S/c1-12-11-21-15(18-12)7-8-17-16(20)14-6-2-4-13(10-14)5-3-9-19/h2,4,6,10-11,19H,7-9H2,1H3,(H,17,20). The van der Waals surface area contributed by atoms with Crippen molar-refractivity contribution in [2.75, 3.05) is 13.2 Å². The van der Waals surface area contributed by atoms with Crippen LogP contribution in [0.5, 0.6) is 0 Å². The Balaban J connectivity index is 1.91. The fraction of sp³-hybridized carbons (Fsp3) is 0.250. The number of aromatic nitrogens is 1. The quantitative estimate of drug-likeness (QED) is 0.846. The van der Waals surface area contributed by atoms with Gasteiger partial charge in [0.05, 0.1) is 5.01 Å². The fourth-order valence-electron chi connectivity index (χ4n) is 1.78. The van der Waals surface area contributed by atoms with E-state index in [4.69, 9.17) is 5.11 Å². The number of aryl methyl sites for hydroxylation is 1. The minimum Gasteiger partial charge on any atom is -0.384 e. The predicted molar refractivity (Wildman–Crippen MR) is 83.3 cm³/mol. The third kappa shape index (κ3) is 4.71. The van der Waals surface area contributed by atoms with Gasteiger partial charge in [0.2, 0.25) is 0 Å². The van der Waals surface area contributed by atoms with Crippen LogP contribution in [-0.2, 0) is 6.42 Å². The number of nitrogens with one attached hydrogen (secondary N) is 1. The van der Waals surface area contributed by atoms with E-state index in [0.717, 1.165) is 17.1 Å². The maximum atomic E-state index is 12.0. The Morgan fingerprint density at radius 1 is 1.48 bits per heavy atom. The number of thiazole rings is 1. The Hall–Kier alpha value is -2.16. The minimum atomic E-state index is -0.191. The van der Waals surface area contributed by atoms with Crippen LogP contribution < -0.4 is 5.32 Å². The van der Waals surface area contributed by atoms with Gasteiger partial charge in [0.15, 0.2) is 0 Å². The van der Waals surface area contributed by atoms with Crippen LogP contribution in [0, 0.1) is 18.8 Å². The van der Waals surface area contributed by atoms with Crippen molar-refractivity contribution in [2.24, 2.45) is 0 Å². The lowest BCUT2D eigenvalue weighted by Gasteiger charge is -2.04. The van der Waals surface area contributed by atoms with Gasteiger partial charge in [-0.15, -0.1) is 11.3 Å². The first-order valence-corrected chi connectivity index (χ1v) is 7.46. The highest BCUT2D eigenvalue weighted by atomic mass is 32.1. The number of aliphatic hydroxyl groups excluding tert-OH is 1. The minimum absolute atomic E-state index is 0.129. The molecule has 0 atom stereocenters. The van der Waals surface area contributed by atoms with Crippen LogP contribution in [0.4, 0.5) is 0 Å². The maximum absolute atomic E-state index is 12.0. The van der Waals surface area contributed by atoms with Crippen molar-refractivity contribution in [1.29, 1.82) is 0 Å². The van der Waals surface area contributed by atoms with Crippen LogP contribution in [0.25, 0.3) is 0 Å². The lowest BCUT2D eigenvalue weighted by Crippen LogP contribution is -2.25. The summed E-state index contributed by atoms with van der Waals surface area (Å²) in [6, 6.07) is 7.04. The van der Waals surface area contributed by atoms with E-state index < -0.39 is 0 Å². The van der Waals surface area contributed by atoms with Gasteiger partial charge in [0, 0.05) is 35.2 Å². The van der Waals surface area contributed by atoms with Crippen LogP contribution >= 0.6 is 11.3 Å². The Kier molecular flexibility index (Phi) is 5.50. The van der Waals surface area contributed by atoms with Gasteiger partial charge < -0.3 is 10.4 Å². The highest BCUT2D eigenvalue weighted by molar-refractivity contribution is 7.09. The van der Waals surface area contributed by atoms with E-state index in [0.29, 0.717) is 17.7 Å². The summed E-state index contributed by atoms with van der Waals surface area (Å²) in [6.45, 7) is 2.32. The average molecular weight is 300 g/mol. The number of carbonyl (C=O) groups excluding carboxylic acids is 1. The van der Waals surface area contributed by atoms with Crippen LogP contribution in [0.3, 0.4) is 0 Å². The largest absolute Gasteiger partial charge is 0.384 e. The molecule has 5 heteroatoms. The summed E-state index contributed by atoms with van der Waals surface area (Å²) >= 11 is 1.60. The molecule has 0 aliphatic carbocycles. The van der Waals surface area contributed by atoms with Gasteiger partial charge in [-0.2, -0.15) is 0 Å². The molecule has 0 saturated heterocycles. The van der Waals surface area contributed by atoms with Crippen molar-refractivity contribution in [3.8, 4) is 11.8 Å². The third-order valence-corrected chi connectivity index (χ3v) is 3.75. The van der Waals surface area contributed by atoms with Gasteiger partial charge >= 0.3 is 0 Å². The Morgan fingerprint density at radius 3 is 3.05 bits per heavy atom. The zero-order valence-electron chi connectivity index (χ0n) is 11.7. The van der Waals surface area contributed by atoms with Crippen molar-refractivity contribution < 1.29 is 9.90 Å². The molecule has 1 aromatic carbocycles. The summed E-state index contributed by atoms with van der Waals surface area (Å²) in [4.78, 5) is 16.4. The number of rotatable bonds is 4. The molecule has 108 valence electrons. The SMILES string of the molecule is Cc1csc(CCNC(=O)c2cccc(C#CCO)c2)n1. The predicted octanol–water partition coefficient (Wildman–Crippen LogP) is 1.77. The summed E-state index contributed by atoms with van der Waals surface area (Å²) in [6.07, 6.45) is 0.730. The van der Waals surface area contributed by atoms with Crippen molar-refractivity contribution in [3.63, 3.8) is 0 Å². The summed E-state index contributed by atoms with van der Waals surface area (Å²) in [7, 11) is 0. The van der Waals surface area contributed by atoms with Crippen LogP contribution in [0.2, 0.25) is 0 Å². The first-order valence-electron chi connectivity index (χ1n) is 6.58. The molecule has 0 spiro atoms. The monoisotopic (exact) mass is 300 g/mol. The first kappa shape index (κ1) is 15.2. The molecule has 1 aromatic heterocycles. The van der Waals surface area contributed by atoms with Gasteiger partial charge in [-0.3, -0.25) is 4.79 Å². The molecule has 1 heterocycles. The zero-order valence-corrected chi connectivity index (χ0v) is 12.5. The van der Waals surface area contributed by atoms with E-state index in [1.54, 1.807) is 35.6 Å². The third-order valence-electron chi connectivity index (χ3n) is 2.73. The topological polar surface area (TPSA) is 62.2 Å². The van der Waals surface area contributed by atoms with Gasteiger partial charge in [-0.1, -0.05) is 17.9 Å². The van der Waals surface area contributed by atoms with Crippen LogP contribution in [0.15, 0.2) is 29.6 Å². The molecule has 0 fully saturated rings. The van der Waals surface area contributed by atoms with Crippen molar-refractivity contribution in [2.45, 2.75) is 13.3 Å². The summed E-state index contributed by atoms with van der Waals surface area (Å²) < 4.78 is 0. The number of benzene rings is 1. The van der Waals surface area contributed by atoms with Crippen LogP contribution in [-0.4, -0.2) is 29.1 Å². The zero-order chi connectivity index (χ0) is 15.1. The lowest BCUT2D eigenvalue weighted by atomic mass is 10.1. The molecule has 4 nitrogen and oxygen atoms in total. The summed E-state index contributed by atoms with van der Waals surface area (Å²) in [5, 5.41) is 14.6. The molecule has 0 saturated carbocycles. The molecule has 1 amide bonds. The van der Waals surface area contributed by atoms with E-state index in [-0.39, 0.29) is 12.5 Å². The van der Waals surface area contributed by atoms with Crippen molar-refractivity contribution >= 4 is 17.2 Å². The van der Waals surface area contributed by atoms with E-state index in [9.17, 15) is 4.79 Å². The Labute approximate surface area is 127 Å². The van der Waals surface area contributed by atoms with Crippen molar-refractivity contribution in [3.05, 3.63) is 51.5 Å². The molecular weight excluding hydrogens is 284 g/mol. The average Bonchev–Trinajstić information content (AvgIpc) is 2.91. The normalized spacial score (nSPS) is 9.81. The number of aliphatic hydroxyl groups is 1. The summed E-state index contributed by atoms with van der Waals surface area (Å²) in [5.74, 6) is 5.22. The molecule has 0 aliphatic heterocycles. The maximum Gasteiger partial charge on any atom is 0.251 e. The molecule has 0 aliphatic rings. The van der Waals surface area contributed by atoms with Gasteiger partial charge in [-0.05, 0) is 25.1 Å². The second-order valence-corrected chi connectivity index (χ2v) is 5.37. The van der Waals surface area contributed by atoms with Gasteiger partial charge in [0.25, 0.3) is 5.91 Å². The highest BCUT2D eigenvalue weighted by Gasteiger charge is 2.06. The number of carbonyl (C=O) groups is 1. The number of hydrogen-bond donors (Lipinski definition) is 2. The number of amides is 1. The molecule has 0 unspecified atom stereocenters. The second kappa shape index (κ2) is 7.58. The molecule has 2 rings (SSSR count). The smallest absolute Gasteiger partial charge is 0.251 e. The molecule has 2 aromatic rings. The van der Waals surface area contributed by atoms with Gasteiger partial charge in [-0.25, -0.2) is 4.98 Å². The fourth-order valence-corrected chi connectivity index (χ4v) is 2.56. The lowest BCUT2D eigenvalue weighted by molar-refractivity contribution is 0.0954. The molecule has 0 bridgehead atoms. The Bertz CT molecular complexity index is 683. The van der Waals surface area contributed by atoms with E-state index >= 15 is 0 Å². The molecular formula is C16H16N2O2S. The van der Waals surface area contributed by atoms with E-state index in [1.807, 2.05) is 12.3 Å². The number of nitrogens with zero attached hydrogens (tertiary/aromatic N) is 1. The van der Waals surface area contributed by atoms with E-state index in [2.05, 4.69) is 22.1 Å². The molecule has 0 radical (unpaired) electrons. The van der Waals surface area contributed by atoms with Gasteiger partial charge in [0.1, 0.15) is 6.61 Å².